The predicted octanol–water partition coefficient (Wildman–Crippen LogP) is 5.04. The molecular weight excluding hydrogens is 384 g/mol. The molecule has 3 aromatic rings. The zero-order valence-electron chi connectivity index (χ0n) is 15.2. The smallest absolute Gasteiger partial charge is 0.268 e. The maximum atomic E-state index is 13.0. The van der Waals surface area contributed by atoms with Crippen LogP contribution in [0.5, 0.6) is 5.75 Å². The number of nitrogens with zero attached hydrogens (tertiary/aromatic N) is 1. The number of carbonyl (C=O) groups excluding carboxylic acids is 1. The summed E-state index contributed by atoms with van der Waals surface area (Å²) in [6, 6.07) is 6.59. The number of aromatic hydroxyl groups is 1. The monoisotopic (exact) mass is 404 g/mol. The normalized spacial score (nSPS) is 11.1. The third kappa shape index (κ3) is 3.73. The number of aryl methyl sites for hydroxylation is 2. The molecule has 5 nitrogen and oxygen atoms in total. The summed E-state index contributed by atoms with van der Waals surface area (Å²) >= 11 is 7.30. The van der Waals surface area contributed by atoms with Gasteiger partial charge in [0.1, 0.15) is 16.1 Å². The highest BCUT2D eigenvalue weighted by Crippen LogP contribution is 2.35. The van der Waals surface area contributed by atoms with Crippen LogP contribution >= 0.6 is 22.9 Å². The minimum atomic E-state index is -0.625. The number of amides is 1. The number of rotatable bonds is 6. The fourth-order valence-corrected chi connectivity index (χ4v) is 4.36. The van der Waals surface area contributed by atoms with Crippen molar-refractivity contribution in [2.24, 2.45) is 0 Å². The van der Waals surface area contributed by atoms with Crippen LogP contribution in [0.4, 0.5) is 5.69 Å². The highest BCUT2D eigenvalue weighted by molar-refractivity contribution is 7.17. The lowest BCUT2D eigenvalue weighted by atomic mass is 10.1. The molecule has 2 heterocycles. The maximum absolute atomic E-state index is 13.0. The van der Waals surface area contributed by atoms with Crippen molar-refractivity contribution in [1.29, 1.82) is 0 Å². The molecule has 2 N–H and O–H groups in total. The molecule has 2 aromatic heterocycles. The summed E-state index contributed by atoms with van der Waals surface area (Å²) in [6.45, 7) is 4.51. The first-order valence-corrected chi connectivity index (χ1v) is 10.2. The number of thiophene rings is 1. The van der Waals surface area contributed by atoms with Gasteiger partial charge in [-0.15, -0.1) is 11.3 Å². The largest absolute Gasteiger partial charge is 0.506 e. The van der Waals surface area contributed by atoms with Gasteiger partial charge >= 0.3 is 0 Å². The lowest BCUT2D eigenvalue weighted by Gasteiger charge is -2.13. The fourth-order valence-electron chi connectivity index (χ4n) is 3.10. The van der Waals surface area contributed by atoms with Gasteiger partial charge in [0.05, 0.1) is 5.39 Å². The Morgan fingerprint density at radius 1 is 1.22 bits per heavy atom. The van der Waals surface area contributed by atoms with Gasteiger partial charge in [-0.1, -0.05) is 31.9 Å². The van der Waals surface area contributed by atoms with Crippen LogP contribution in [0.15, 0.2) is 34.4 Å². The first-order valence-electron chi connectivity index (χ1n) is 8.90. The second-order valence-corrected chi connectivity index (χ2v) is 7.63. The SMILES string of the molecule is CCCc1csc2c1c(O)c(C(=O)Nc1ccc(Cl)cc1)c(=O)n2CCC. The quantitative estimate of drug-likeness (QED) is 0.604. The Balaban J connectivity index is 2.15. The zero-order valence-corrected chi connectivity index (χ0v) is 16.8. The van der Waals surface area contributed by atoms with E-state index in [1.165, 1.54) is 11.3 Å². The summed E-state index contributed by atoms with van der Waals surface area (Å²) in [4.78, 5) is 26.5. The summed E-state index contributed by atoms with van der Waals surface area (Å²) in [6.07, 6.45) is 2.43. The van der Waals surface area contributed by atoms with Crippen LogP contribution in [0.25, 0.3) is 10.2 Å². The number of anilines is 1. The van der Waals surface area contributed by atoms with Gasteiger partial charge in [0, 0.05) is 17.3 Å². The van der Waals surface area contributed by atoms with Crippen LogP contribution in [0.2, 0.25) is 5.02 Å². The van der Waals surface area contributed by atoms with E-state index in [9.17, 15) is 14.7 Å². The molecule has 0 aliphatic heterocycles. The average Bonchev–Trinajstić information content (AvgIpc) is 3.05. The summed E-state index contributed by atoms with van der Waals surface area (Å²) in [7, 11) is 0. The zero-order chi connectivity index (χ0) is 19.6. The standard InChI is InChI=1S/C20H21ClN2O3S/c1-3-5-12-11-27-20-15(12)17(24)16(19(26)23(20)10-4-2)18(25)22-14-8-6-13(21)7-9-14/h6-9,11,24H,3-5,10H2,1-2H3,(H,22,25). The number of halogens is 1. The summed E-state index contributed by atoms with van der Waals surface area (Å²) in [5, 5.41) is 16.6. The number of benzene rings is 1. The van der Waals surface area contributed by atoms with Gasteiger partial charge in [-0.05, 0) is 48.1 Å². The Hall–Kier alpha value is -2.31. The fraction of sp³-hybridized carbons (Fsp3) is 0.300. The molecule has 0 saturated carbocycles. The molecule has 0 bridgehead atoms. The van der Waals surface area contributed by atoms with Crippen LogP contribution < -0.4 is 10.9 Å². The third-order valence-corrected chi connectivity index (χ3v) is 5.62. The molecule has 0 radical (unpaired) electrons. The molecule has 1 amide bonds. The van der Waals surface area contributed by atoms with Crippen LogP contribution in [0, 0.1) is 0 Å². The van der Waals surface area contributed by atoms with Crippen LogP contribution in [-0.4, -0.2) is 15.6 Å². The molecule has 27 heavy (non-hydrogen) atoms. The Kier molecular flexibility index (Phi) is 5.87. The van der Waals surface area contributed by atoms with Crippen LogP contribution in [-0.2, 0) is 13.0 Å². The molecule has 0 fully saturated rings. The topological polar surface area (TPSA) is 71.3 Å². The highest BCUT2D eigenvalue weighted by Gasteiger charge is 2.24. The summed E-state index contributed by atoms with van der Waals surface area (Å²) < 4.78 is 1.59. The van der Waals surface area contributed by atoms with E-state index >= 15 is 0 Å². The Morgan fingerprint density at radius 2 is 1.93 bits per heavy atom. The molecular formula is C20H21ClN2O3S. The number of nitrogens with one attached hydrogen (secondary N) is 1. The van der Waals surface area contributed by atoms with E-state index in [0.717, 1.165) is 24.8 Å². The molecule has 1 aromatic carbocycles. The average molecular weight is 405 g/mol. The summed E-state index contributed by atoms with van der Waals surface area (Å²) in [5.41, 5.74) is 0.768. The van der Waals surface area contributed by atoms with Crippen molar-refractivity contribution in [2.45, 2.75) is 39.7 Å². The minimum Gasteiger partial charge on any atom is -0.506 e. The number of pyridine rings is 1. The van der Waals surface area contributed by atoms with E-state index in [1.54, 1.807) is 28.8 Å². The van der Waals surface area contributed by atoms with Crippen LogP contribution in [0.1, 0.15) is 42.6 Å². The van der Waals surface area contributed by atoms with Gasteiger partial charge < -0.3 is 10.4 Å². The summed E-state index contributed by atoms with van der Waals surface area (Å²) in [5.74, 6) is -0.862. The number of hydrogen-bond acceptors (Lipinski definition) is 4. The number of fused-ring (bicyclic) bond motifs is 1. The second-order valence-electron chi connectivity index (χ2n) is 6.33. The molecule has 0 saturated heterocycles. The molecule has 0 spiro atoms. The second kappa shape index (κ2) is 8.15. The van der Waals surface area contributed by atoms with Crippen molar-refractivity contribution in [3.63, 3.8) is 0 Å². The molecule has 3 rings (SSSR count). The van der Waals surface area contributed by atoms with Crippen molar-refractivity contribution in [3.05, 3.63) is 56.1 Å². The van der Waals surface area contributed by atoms with Gasteiger partial charge in [-0.25, -0.2) is 0 Å². The highest BCUT2D eigenvalue weighted by atomic mass is 35.5. The lowest BCUT2D eigenvalue weighted by Crippen LogP contribution is -2.29. The van der Waals surface area contributed by atoms with Gasteiger partial charge in [-0.3, -0.25) is 14.2 Å². The lowest BCUT2D eigenvalue weighted by molar-refractivity contribution is 0.102. The Bertz CT molecular complexity index is 1040. The van der Waals surface area contributed by atoms with E-state index < -0.39 is 11.5 Å². The van der Waals surface area contributed by atoms with E-state index in [2.05, 4.69) is 12.2 Å². The van der Waals surface area contributed by atoms with Crippen molar-refractivity contribution in [2.75, 3.05) is 5.32 Å². The van der Waals surface area contributed by atoms with Gasteiger partial charge in [0.2, 0.25) is 0 Å². The predicted molar refractivity (Wildman–Crippen MR) is 111 cm³/mol. The van der Waals surface area contributed by atoms with E-state index in [-0.39, 0.29) is 11.3 Å². The van der Waals surface area contributed by atoms with Crippen LogP contribution in [0.3, 0.4) is 0 Å². The Labute approximate surface area is 166 Å². The molecule has 142 valence electrons. The third-order valence-electron chi connectivity index (χ3n) is 4.32. The van der Waals surface area contributed by atoms with Crippen molar-refractivity contribution >= 4 is 44.7 Å². The number of aromatic nitrogens is 1. The van der Waals surface area contributed by atoms with Crippen molar-refractivity contribution in [3.8, 4) is 5.75 Å². The minimum absolute atomic E-state index is 0.221. The molecule has 0 aliphatic rings. The molecule has 0 unspecified atom stereocenters. The van der Waals surface area contributed by atoms with E-state index in [0.29, 0.717) is 27.5 Å². The first kappa shape index (κ1) is 19.5. The molecule has 0 atom stereocenters. The van der Waals surface area contributed by atoms with Gasteiger partial charge in [0.15, 0.2) is 0 Å². The number of carbonyl (C=O) groups is 1. The van der Waals surface area contributed by atoms with Crippen molar-refractivity contribution in [1.82, 2.24) is 4.57 Å². The van der Waals surface area contributed by atoms with Crippen molar-refractivity contribution < 1.29 is 9.90 Å². The van der Waals surface area contributed by atoms with E-state index in [4.69, 9.17) is 11.6 Å². The molecule has 7 heteroatoms. The molecule has 0 aliphatic carbocycles. The maximum Gasteiger partial charge on any atom is 0.268 e. The Morgan fingerprint density at radius 3 is 2.56 bits per heavy atom. The number of hydrogen-bond donors (Lipinski definition) is 2. The van der Waals surface area contributed by atoms with Gasteiger partial charge in [0.25, 0.3) is 11.5 Å². The van der Waals surface area contributed by atoms with Gasteiger partial charge in [-0.2, -0.15) is 0 Å². The first-order chi connectivity index (χ1) is 13.0. The van der Waals surface area contributed by atoms with E-state index in [1.807, 2.05) is 12.3 Å².